The molecule has 0 unspecified atom stereocenters. The zero-order valence-electron chi connectivity index (χ0n) is 9.00. The third-order valence-corrected chi connectivity index (χ3v) is 2.27. The van der Waals surface area contributed by atoms with Crippen LogP contribution in [-0.2, 0) is 13.2 Å². The molecule has 5 heteroatoms. The minimum absolute atomic E-state index is 0.131. The van der Waals surface area contributed by atoms with Crippen molar-refractivity contribution in [1.29, 1.82) is 0 Å². The van der Waals surface area contributed by atoms with E-state index in [0.717, 1.165) is 5.56 Å². The first kappa shape index (κ1) is 10.6. The number of benzene rings is 1. The first-order chi connectivity index (χ1) is 7.81. The molecule has 0 spiro atoms. The molecule has 1 aromatic carbocycles. The molecule has 0 atom stereocenters. The Morgan fingerprint density at radius 2 is 2.06 bits per heavy atom. The van der Waals surface area contributed by atoms with E-state index in [1.807, 2.05) is 30.3 Å². The van der Waals surface area contributed by atoms with Gasteiger partial charge in [-0.05, 0) is 17.7 Å². The van der Waals surface area contributed by atoms with Gasteiger partial charge in [-0.2, -0.15) is 0 Å². The first-order valence-electron chi connectivity index (χ1n) is 5.00. The molecule has 0 amide bonds. The van der Waals surface area contributed by atoms with Gasteiger partial charge in [0.05, 0.1) is 12.3 Å². The maximum Gasteiger partial charge on any atom is 0.142 e. The number of aromatic nitrogens is 3. The van der Waals surface area contributed by atoms with Crippen LogP contribution in [0.15, 0.2) is 30.3 Å². The summed E-state index contributed by atoms with van der Waals surface area (Å²) in [6.45, 7) is 2.05. The van der Waals surface area contributed by atoms with Crippen LogP contribution in [0.3, 0.4) is 0 Å². The van der Waals surface area contributed by atoms with Crippen LogP contribution in [0.1, 0.15) is 17.0 Å². The van der Waals surface area contributed by atoms with Crippen LogP contribution in [-0.4, -0.2) is 20.3 Å². The fourth-order valence-electron chi connectivity index (χ4n) is 1.35. The van der Waals surface area contributed by atoms with Gasteiger partial charge in [-0.15, -0.1) is 5.10 Å². The minimum Gasteiger partial charge on any atom is -0.390 e. The number of rotatable bonds is 4. The highest BCUT2D eigenvalue weighted by molar-refractivity contribution is 5.13. The quantitative estimate of drug-likeness (QED) is 0.822. The van der Waals surface area contributed by atoms with Crippen molar-refractivity contribution in [2.45, 2.75) is 20.1 Å². The highest BCUT2D eigenvalue weighted by Crippen LogP contribution is 2.04. The Bertz CT molecular complexity index is 454. The summed E-state index contributed by atoms with van der Waals surface area (Å²) in [7, 11) is 0. The Labute approximate surface area is 93.2 Å². The molecule has 2 aromatic rings. The zero-order chi connectivity index (χ0) is 11.4. The van der Waals surface area contributed by atoms with Crippen LogP contribution in [0.25, 0.3) is 0 Å². The third kappa shape index (κ3) is 2.20. The zero-order valence-corrected chi connectivity index (χ0v) is 9.00. The van der Waals surface area contributed by atoms with Crippen molar-refractivity contribution < 1.29 is 9.94 Å². The second-order valence-electron chi connectivity index (χ2n) is 3.41. The summed E-state index contributed by atoms with van der Waals surface area (Å²) in [6, 6.07) is 9.75. The molecule has 16 heavy (non-hydrogen) atoms. The Hall–Kier alpha value is -1.88. The monoisotopic (exact) mass is 219 g/mol. The molecule has 84 valence electrons. The molecule has 1 N–H and O–H groups in total. The van der Waals surface area contributed by atoms with Gasteiger partial charge in [0.15, 0.2) is 0 Å². The Morgan fingerprint density at radius 1 is 1.31 bits per heavy atom. The van der Waals surface area contributed by atoms with Crippen molar-refractivity contribution in [3.63, 3.8) is 0 Å². The largest absolute Gasteiger partial charge is 0.390 e. The molecule has 0 bridgehead atoms. The Balaban J connectivity index is 2.05. The standard InChI is InChI=1S/C11H13N3O2/c1-9-11(7-15)14(13-12-9)16-8-10-5-3-2-4-6-10/h2-6,15H,7-8H2,1H3. The molecule has 2 rings (SSSR count). The van der Waals surface area contributed by atoms with E-state index in [-0.39, 0.29) is 6.61 Å². The molecular formula is C11H13N3O2. The summed E-state index contributed by atoms with van der Waals surface area (Å²) >= 11 is 0. The van der Waals surface area contributed by atoms with Gasteiger partial charge in [-0.1, -0.05) is 35.2 Å². The van der Waals surface area contributed by atoms with Crippen LogP contribution >= 0.6 is 0 Å². The van der Waals surface area contributed by atoms with Gasteiger partial charge < -0.3 is 9.94 Å². The highest BCUT2D eigenvalue weighted by atomic mass is 16.7. The molecule has 0 aliphatic heterocycles. The third-order valence-electron chi connectivity index (χ3n) is 2.27. The lowest BCUT2D eigenvalue weighted by atomic mass is 10.2. The lowest BCUT2D eigenvalue weighted by Crippen LogP contribution is -2.16. The number of hydrogen-bond donors (Lipinski definition) is 1. The lowest BCUT2D eigenvalue weighted by molar-refractivity contribution is 0.0520. The molecular weight excluding hydrogens is 206 g/mol. The van der Waals surface area contributed by atoms with E-state index in [2.05, 4.69) is 10.3 Å². The van der Waals surface area contributed by atoms with Gasteiger partial charge >= 0.3 is 0 Å². The van der Waals surface area contributed by atoms with Crippen molar-refractivity contribution in [3.05, 3.63) is 47.3 Å². The van der Waals surface area contributed by atoms with Crippen LogP contribution < -0.4 is 4.84 Å². The van der Waals surface area contributed by atoms with Crippen molar-refractivity contribution in [2.24, 2.45) is 0 Å². The Morgan fingerprint density at radius 3 is 2.75 bits per heavy atom. The minimum atomic E-state index is -0.131. The van der Waals surface area contributed by atoms with Gasteiger partial charge in [-0.3, -0.25) is 0 Å². The molecule has 0 fully saturated rings. The number of aliphatic hydroxyl groups excluding tert-OH is 1. The topological polar surface area (TPSA) is 60.2 Å². The molecule has 0 radical (unpaired) electrons. The molecule has 0 aliphatic rings. The number of nitrogens with zero attached hydrogens (tertiary/aromatic N) is 3. The SMILES string of the molecule is Cc1nnn(OCc2ccccc2)c1CO. The molecule has 0 saturated carbocycles. The van der Waals surface area contributed by atoms with Gasteiger partial charge in [0, 0.05) is 0 Å². The van der Waals surface area contributed by atoms with Crippen LogP contribution in [0.2, 0.25) is 0 Å². The van der Waals surface area contributed by atoms with Gasteiger partial charge in [-0.25, -0.2) is 0 Å². The maximum atomic E-state index is 9.10. The summed E-state index contributed by atoms with van der Waals surface area (Å²) in [5.74, 6) is 0. The number of hydrogen-bond acceptors (Lipinski definition) is 4. The predicted octanol–water partition coefficient (Wildman–Crippen LogP) is 0.708. The van der Waals surface area contributed by atoms with Gasteiger partial charge in [0.1, 0.15) is 12.3 Å². The van der Waals surface area contributed by atoms with Crippen LogP contribution in [0, 0.1) is 6.92 Å². The molecule has 0 aliphatic carbocycles. The van der Waals surface area contributed by atoms with Crippen molar-refractivity contribution >= 4 is 0 Å². The molecule has 1 heterocycles. The van der Waals surface area contributed by atoms with Crippen LogP contribution in [0.4, 0.5) is 0 Å². The van der Waals surface area contributed by atoms with E-state index in [1.165, 1.54) is 4.85 Å². The summed E-state index contributed by atoms with van der Waals surface area (Å²) < 4.78 is 0. The van der Waals surface area contributed by atoms with E-state index >= 15 is 0 Å². The van der Waals surface area contributed by atoms with Crippen molar-refractivity contribution in [3.8, 4) is 0 Å². The number of aliphatic hydroxyl groups is 1. The van der Waals surface area contributed by atoms with Gasteiger partial charge in [0.2, 0.25) is 0 Å². The van der Waals surface area contributed by atoms with Gasteiger partial charge in [0.25, 0.3) is 0 Å². The summed E-state index contributed by atoms with van der Waals surface area (Å²) in [6.07, 6.45) is 0. The normalized spacial score (nSPS) is 10.4. The van der Waals surface area contributed by atoms with E-state index in [9.17, 15) is 0 Å². The average molecular weight is 219 g/mol. The molecule has 1 aromatic heterocycles. The van der Waals surface area contributed by atoms with E-state index in [4.69, 9.17) is 9.94 Å². The first-order valence-corrected chi connectivity index (χ1v) is 5.00. The van der Waals surface area contributed by atoms with E-state index in [1.54, 1.807) is 6.92 Å². The fourth-order valence-corrected chi connectivity index (χ4v) is 1.35. The second-order valence-corrected chi connectivity index (χ2v) is 3.41. The molecule has 5 nitrogen and oxygen atoms in total. The smallest absolute Gasteiger partial charge is 0.142 e. The van der Waals surface area contributed by atoms with Crippen molar-refractivity contribution in [2.75, 3.05) is 0 Å². The Kier molecular flexibility index (Phi) is 3.16. The predicted molar refractivity (Wildman–Crippen MR) is 57.4 cm³/mol. The summed E-state index contributed by atoms with van der Waals surface area (Å²) in [5, 5.41) is 16.7. The van der Waals surface area contributed by atoms with E-state index < -0.39 is 0 Å². The average Bonchev–Trinajstić information content (AvgIpc) is 2.68. The fraction of sp³-hybridized carbons (Fsp3) is 0.273. The second kappa shape index (κ2) is 4.76. The summed E-state index contributed by atoms with van der Waals surface area (Å²) in [4.78, 5) is 6.68. The summed E-state index contributed by atoms with van der Waals surface area (Å²) in [5.41, 5.74) is 2.30. The molecule has 0 saturated heterocycles. The number of aryl methyl sites for hydroxylation is 1. The lowest BCUT2D eigenvalue weighted by Gasteiger charge is -2.06. The van der Waals surface area contributed by atoms with Crippen LogP contribution in [0.5, 0.6) is 0 Å². The van der Waals surface area contributed by atoms with E-state index in [0.29, 0.717) is 18.0 Å². The highest BCUT2D eigenvalue weighted by Gasteiger charge is 2.08. The van der Waals surface area contributed by atoms with Crippen molar-refractivity contribution in [1.82, 2.24) is 15.2 Å². The maximum absolute atomic E-state index is 9.10.